The van der Waals surface area contributed by atoms with Crippen molar-refractivity contribution in [3.63, 3.8) is 0 Å². The van der Waals surface area contributed by atoms with Crippen LogP contribution in [0.1, 0.15) is 11.6 Å². The topological polar surface area (TPSA) is 57.1 Å². The summed E-state index contributed by atoms with van der Waals surface area (Å²) in [5.74, 6) is 0.850. The summed E-state index contributed by atoms with van der Waals surface area (Å²) in [6.07, 6.45) is -0.472. The van der Waals surface area contributed by atoms with Crippen LogP contribution in [0.2, 0.25) is 0 Å². The van der Waals surface area contributed by atoms with E-state index in [4.69, 9.17) is 4.74 Å². The van der Waals surface area contributed by atoms with Crippen LogP contribution in [0.25, 0.3) is 0 Å². The lowest BCUT2D eigenvalue weighted by atomic mass is 9.99. The molecule has 1 aliphatic rings. The Morgan fingerprint density at radius 2 is 2.17 bits per heavy atom. The van der Waals surface area contributed by atoms with E-state index in [-0.39, 0.29) is 6.04 Å². The third-order valence-corrected chi connectivity index (χ3v) is 2.19. The maximum Gasteiger partial charge on any atom is 0.144 e. The first-order chi connectivity index (χ1) is 5.79. The molecule has 2 rings (SSSR count). The minimum absolute atomic E-state index is 0.0602. The van der Waals surface area contributed by atoms with Crippen molar-refractivity contribution in [2.75, 3.05) is 6.61 Å². The zero-order valence-electron chi connectivity index (χ0n) is 6.73. The van der Waals surface area contributed by atoms with Gasteiger partial charge >= 0.3 is 0 Å². The molecule has 0 aromatic heterocycles. The Morgan fingerprint density at radius 3 is 3.00 bits per heavy atom. The predicted octanol–water partition coefficient (Wildman–Crippen LogP) is -0.277. The molecule has 1 heterocycles. The number of hydrogen-bond donors (Lipinski definition) is 2. The zero-order valence-corrected chi connectivity index (χ0v) is 6.73. The molecular formula is C9H12NO2+. The molecule has 1 aromatic carbocycles. The van der Waals surface area contributed by atoms with Crippen molar-refractivity contribution in [1.29, 1.82) is 0 Å². The van der Waals surface area contributed by atoms with Crippen LogP contribution in [-0.4, -0.2) is 17.8 Å². The van der Waals surface area contributed by atoms with Gasteiger partial charge in [-0.05, 0) is 12.1 Å². The Kier molecular flexibility index (Phi) is 1.75. The van der Waals surface area contributed by atoms with Crippen LogP contribution in [0.4, 0.5) is 0 Å². The van der Waals surface area contributed by atoms with Gasteiger partial charge in [0.25, 0.3) is 0 Å². The van der Waals surface area contributed by atoms with E-state index in [9.17, 15) is 5.11 Å². The Hall–Kier alpha value is -1.06. The van der Waals surface area contributed by atoms with E-state index in [1.807, 2.05) is 24.3 Å². The first-order valence-corrected chi connectivity index (χ1v) is 4.02. The highest BCUT2D eigenvalue weighted by molar-refractivity contribution is 5.36. The molecule has 0 bridgehead atoms. The number of hydrogen-bond acceptors (Lipinski definition) is 2. The molecule has 0 spiro atoms. The van der Waals surface area contributed by atoms with E-state index in [1.54, 1.807) is 0 Å². The zero-order chi connectivity index (χ0) is 8.55. The maximum atomic E-state index is 9.44. The second kappa shape index (κ2) is 2.77. The Balaban J connectivity index is 2.42. The van der Waals surface area contributed by atoms with E-state index in [1.165, 1.54) is 0 Å². The van der Waals surface area contributed by atoms with Crippen molar-refractivity contribution >= 4 is 0 Å². The molecule has 2 atom stereocenters. The number of quaternary nitrogens is 1. The summed E-state index contributed by atoms with van der Waals surface area (Å²) in [7, 11) is 0. The predicted molar refractivity (Wildman–Crippen MR) is 43.6 cm³/mol. The minimum Gasteiger partial charge on any atom is -0.490 e. The molecule has 0 saturated heterocycles. The van der Waals surface area contributed by atoms with E-state index in [0.29, 0.717) is 6.61 Å². The van der Waals surface area contributed by atoms with Crippen molar-refractivity contribution in [1.82, 2.24) is 0 Å². The Morgan fingerprint density at radius 1 is 1.42 bits per heavy atom. The monoisotopic (exact) mass is 166 g/mol. The second-order valence-corrected chi connectivity index (χ2v) is 3.02. The number of rotatable bonds is 0. The van der Waals surface area contributed by atoms with Gasteiger partial charge in [0, 0.05) is 0 Å². The highest BCUT2D eigenvalue weighted by atomic mass is 16.5. The van der Waals surface area contributed by atoms with Crippen LogP contribution in [0.3, 0.4) is 0 Å². The molecule has 4 N–H and O–H groups in total. The number of fused-ring (bicyclic) bond motifs is 1. The van der Waals surface area contributed by atoms with Gasteiger partial charge in [0.1, 0.15) is 24.5 Å². The maximum absolute atomic E-state index is 9.44. The molecule has 3 nitrogen and oxygen atoms in total. The van der Waals surface area contributed by atoms with E-state index in [0.717, 1.165) is 11.3 Å². The third kappa shape index (κ3) is 1.07. The molecule has 12 heavy (non-hydrogen) atoms. The lowest BCUT2D eigenvalue weighted by Crippen LogP contribution is -2.61. The first kappa shape index (κ1) is 7.58. The fourth-order valence-corrected chi connectivity index (χ4v) is 1.42. The summed E-state index contributed by atoms with van der Waals surface area (Å²) < 4.78 is 5.32. The van der Waals surface area contributed by atoms with Crippen molar-refractivity contribution in [2.24, 2.45) is 0 Å². The number of para-hydroxylation sites is 1. The van der Waals surface area contributed by atoms with Crippen LogP contribution in [0, 0.1) is 0 Å². The molecule has 1 aromatic rings. The fraction of sp³-hybridized carbons (Fsp3) is 0.333. The molecule has 0 saturated carbocycles. The SMILES string of the molecule is [NH3+]C1c2ccccc2OCC1O. The van der Waals surface area contributed by atoms with Crippen LogP contribution in [0.15, 0.2) is 24.3 Å². The molecule has 1 aliphatic heterocycles. The molecule has 64 valence electrons. The Labute approximate surface area is 70.8 Å². The summed E-state index contributed by atoms with van der Waals surface area (Å²) in [5.41, 5.74) is 4.89. The van der Waals surface area contributed by atoms with Crippen molar-refractivity contribution in [3.05, 3.63) is 29.8 Å². The summed E-state index contributed by atoms with van der Waals surface area (Å²) in [6, 6.07) is 7.63. The van der Waals surface area contributed by atoms with Gasteiger partial charge in [-0.3, -0.25) is 0 Å². The molecule has 0 radical (unpaired) electrons. The minimum atomic E-state index is -0.472. The number of benzene rings is 1. The summed E-state index contributed by atoms with van der Waals surface area (Å²) in [4.78, 5) is 0. The summed E-state index contributed by atoms with van der Waals surface area (Å²) in [5, 5.41) is 9.44. The van der Waals surface area contributed by atoms with Crippen molar-refractivity contribution in [2.45, 2.75) is 12.1 Å². The normalized spacial score (nSPS) is 27.5. The largest absolute Gasteiger partial charge is 0.490 e. The van der Waals surface area contributed by atoms with Crippen LogP contribution in [0.5, 0.6) is 5.75 Å². The van der Waals surface area contributed by atoms with Crippen molar-refractivity contribution in [3.8, 4) is 5.75 Å². The first-order valence-electron chi connectivity index (χ1n) is 4.02. The van der Waals surface area contributed by atoms with E-state index >= 15 is 0 Å². The highest BCUT2D eigenvalue weighted by Gasteiger charge is 2.28. The molecule has 0 fully saturated rings. The van der Waals surface area contributed by atoms with E-state index < -0.39 is 6.10 Å². The molecule has 0 aliphatic carbocycles. The summed E-state index contributed by atoms with van der Waals surface area (Å²) >= 11 is 0. The van der Waals surface area contributed by atoms with Crippen LogP contribution < -0.4 is 10.5 Å². The fourth-order valence-electron chi connectivity index (χ4n) is 1.42. The second-order valence-electron chi connectivity index (χ2n) is 3.02. The van der Waals surface area contributed by atoms with Crippen LogP contribution >= 0.6 is 0 Å². The Bertz CT molecular complexity index is 288. The molecule has 2 unspecified atom stereocenters. The standard InChI is InChI=1S/C9H11NO2/c10-9-6-3-1-2-4-8(6)12-5-7(9)11/h1-4,7,9,11H,5,10H2/p+1. The number of aliphatic hydroxyl groups excluding tert-OH is 1. The summed E-state index contributed by atoms with van der Waals surface area (Å²) in [6.45, 7) is 0.352. The third-order valence-electron chi connectivity index (χ3n) is 2.19. The van der Waals surface area contributed by atoms with Gasteiger partial charge in [-0.2, -0.15) is 0 Å². The van der Waals surface area contributed by atoms with Gasteiger partial charge in [0.05, 0.1) is 5.56 Å². The number of aliphatic hydroxyl groups is 1. The van der Waals surface area contributed by atoms with Gasteiger partial charge < -0.3 is 15.6 Å². The lowest BCUT2D eigenvalue weighted by Gasteiger charge is -2.24. The van der Waals surface area contributed by atoms with Gasteiger partial charge in [0.2, 0.25) is 0 Å². The van der Waals surface area contributed by atoms with E-state index in [2.05, 4.69) is 5.73 Å². The molecule has 0 amide bonds. The van der Waals surface area contributed by atoms with Gasteiger partial charge in [-0.25, -0.2) is 0 Å². The van der Waals surface area contributed by atoms with Crippen LogP contribution in [-0.2, 0) is 0 Å². The molecule has 3 heteroatoms. The quantitative estimate of drug-likeness (QED) is 0.557. The van der Waals surface area contributed by atoms with Crippen molar-refractivity contribution < 1.29 is 15.6 Å². The molecular weight excluding hydrogens is 154 g/mol. The average molecular weight is 166 g/mol. The average Bonchev–Trinajstić information content (AvgIpc) is 2.12. The van der Waals surface area contributed by atoms with Gasteiger partial charge in [0.15, 0.2) is 0 Å². The smallest absolute Gasteiger partial charge is 0.144 e. The van der Waals surface area contributed by atoms with Gasteiger partial charge in [-0.15, -0.1) is 0 Å². The number of ether oxygens (including phenoxy) is 1. The highest BCUT2D eigenvalue weighted by Crippen LogP contribution is 2.28. The lowest BCUT2D eigenvalue weighted by molar-refractivity contribution is -0.448. The van der Waals surface area contributed by atoms with Gasteiger partial charge in [-0.1, -0.05) is 12.1 Å².